The van der Waals surface area contributed by atoms with E-state index in [9.17, 15) is 19.5 Å². The maximum absolute atomic E-state index is 12.8. The molecule has 0 aliphatic rings. The van der Waals surface area contributed by atoms with Crippen LogP contribution in [0, 0.1) is 0 Å². The number of carboxylic acids is 1. The van der Waals surface area contributed by atoms with Crippen molar-refractivity contribution in [3.8, 4) is 0 Å². The van der Waals surface area contributed by atoms with Crippen LogP contribution in [0.1, 0.15) is 162 Å². The predicted molar refractivity (Wildman–Crippen MR) is 247 cm³/mol. The van der Waals surface area contributed by atoms with Gasteiger partial charge in [-0.15, -0.1) is 0 Å². The summed E-state index contributed by atoms with van der Waals surface area (Å²) in [6.07, 6.45) is 62.5. The van der Waals surface area contributed by atoms with E-state index in [1.54, 1.807) is 0 Å². The Morgan fingerprint density at radius 3 is 1.43 bits per heavy atom. The van der Waals surface area contributed by atoms with E-state index >= 15 is 0 Å². The van der Waals surface area contributed by atoms with Crippen molar-refractivity contribution in [3.63, 3.8) is 0 Å². The molecule has 0 aliphatic carbocycles. The van der Waals surface area contributed by atoms with Gasteiger partial charge in [0.25, 0.3) is 0 Å². The van der Waals surface area contributed by atoms with Gasteiger partial charge < -0.3 is 20.9 Å². The molecule has 0 fully saturated rings. The summed E-state index contributed by atoms with van der Waals surface area (Å²) in [4.78, 5) is 36.6. The number of amides is 1. The molecule has 2 unspecified atom stereocenters. The Kier molecular flexibility index (Phi) is 40.7. The van der Waals surface area contributed by atoms with Crippen molar-refractivity contribution in [3.05, 3.63) is 122 Å². The molecule has 324 valence electrons. The minimum Gasteiger partial charge on any atom is -0.480 e. The molecule has 1 amide bonds. The Hall–Kier alpha value is -4.23. The summed E-state index contributed by atoms with van der Waals surface area (Å²) < 4.78 is 5.87. The average Bonchev–Trinajstić information content (AvgIpc) is 3.21. The van der Waals surface area contributed by atoms with Gasteiger partial charge in [0.2, 0.25) is 5.91 Å². The normalized spacial score (nSPS) is 13.8. The van der Waals surface area contributed by atoms with E-state index in [4.69, 9.17) is 10.5 Å². The van der Waals surface area contributed by atoms with E-state index in [1.807, 2.05) is 12.2 Å². The van der Waals surface area contributed by atoms with E-state index in [1.165, 1.54) is 0 Å². The minimum atomic E-state index is -1.05. The zero-order valence-corrected chi connectivity index (χ0v) is 36.3. The topological polar surface area (TPSA) is 119 Å². The van der Waals surface area contributed by atoms with E-state index in [-0.39, 0.29) is 24.4 Å². The number of nitrogens with two attached hydrogens (primary N) is 1. The summed E-state index contributed by atoms with van der Waals surface area (Å²) in [7, 11) is 0. The molecule has 58 heavy (non-hydrogen) atoms. The van der Waals surface area contributed by atoms with Crippen molar-refractivity contribution in [1.82, 2.24) is 5.32 Å². The van der Waals surface area contributed by atoms with Crippen molar-refractivity contribution < 1.29 is 24.2 Å². The first-order valence-corrected chi connectivity index (χ1v) is 22.4. The average molecular weight is 801 g/mol. The van der Waals surface area contributed by atoms with E-state index in [2.05, 4.69) is 129 Å². The number of hydrogen-bond donors (Lipinski definition) is 3. The number of esters is 1. The fourth-order valence-corrected chi connectivity index (χ4v) is 5.71. The number of hydrogen-bond acceptors (Lipinski definition) is 5. The molecule has 4 N–H and O–H groups in total. The third-order valence-electron chi connectivity index (χ3n) is 9.01. The number of nitrogens with one attached hydrogen (secondary N) is 1. The number of allylic oxidation sites excluding steroid dienone is 19. The highest BCUT2D eigenvalue weighted by Crippen LogP contribution is 2.14. The van der Waals surface area contributed by atoms with Crippen LogP contribution in [-0.2, 0) is 19.1 Å². The molecule has 0 saturated carbocycles. The molecule has 0 aromatic rings. The van der Waals surface area contributed by atoms with Crippen LogP contribution in [0.25, 0.3) is 0 Å². The molecular weight excluding hydrogens is 721 g/mol. The van der Waals surface area contributed by atoms with Gasteiger partial charge in [0.1, 0.15) is 12.1 Å². The van der Waals surface area contributed by atoms with Crippen molar-refractivity contribution >= 4 is 17.8 Å². The molecule has 0 saturated heterocycles. The van der Waals surface area contributed by atoms with Crippen LogP contribution in [-0.4, -0.2) is 41.6 Å². The Morgan fingerprint density at radius 1 is 0.517 bits per heavy atom. The van der Waals surface area contributed by atoms with Gasteiger partial charge in [-0.3, -0.25) is 9.59 Å². The second-order valence-electron chi connectivity index (χ2n) is 14.3. The Labute approximate surface area is 353 Å². The molecule has 0 rings (SSSR count). The summed E-state index contributed by atoms with van der Waals surface area (Å²) in [6.45, 7) is 4.67. The highest BCUT2D eigenvalue weighted by molar-refractivity contribution is 5.83. The van der Waals surface area contributed by atoms with E-state index in [0.717, 1.165) is 103 Å². The van der Waals surface area contributed by atoms with Crippen molar-refractivity contribution in [1.29, 1.82) is 0 Å². The van der Waals surface area contributed by atoms with Crippen molar-refractivity contribution in [2.45, 2.75) is 174 Å². The monoisotopic (exact) mass is 801 g/mol. The summed E-state index contributed by atoms with van der Waals surface area (Å²) in [6, 6.07) is -0.921. The molecule has 0 spiro atoms. The number of carbonyl (C=O) groups excluding carboxylic acids is 2. The smallest absolute Gasteiger partial charge is 0.326 e. The third-order valence-corrected chi connectivity index (χ3v) is 9.01. The van der Waals surface area contributed by atoms with Crippen LogP contribution in [0.2, 0.25) is 0 Å². The van der Waals surface area contributed by atoms with Crippen LogP contribution < -0.4 is 11.1 Å². The van der Waals surface area contributed by atoms with Crippen molar-refractivity contribution in [2.24, 2.45) is 5.73 Å². The summed E-state index contributed by atoms with van der Waals surface area (Å²) in [5.74, 6) is -1.52. The fraction of sp³-hybridized carbons (Fsp3) is 0.549. The number of ether oxygens (including phenoxy) is 1. The second kappa shape index (κ2) is 43.9. The van der Waals surface area contributed by atoms with Crippen LogP contribution in [0.5, 0.6) is 0 Å². The van der Waals surface area contributed by atoms with Gasteiger partial charge in [0.15, 0.2) is 0 Å². The molecule has 0 radical (unpaired) electrons. The largest absolute Gasteiger partial charge is 0.480 e. The van der Waals surface area contributed by atoms with Gasteiger partial charge in [-0.2, -0.15) is 0 Å². The van der Waals surface area contributed by atoms with Crippen LogP contribution in [0.3, 0.4) is 0 Å². The van der Waals surface area contributed by atoms with Crippen molar-refractivity contribution in [2.75, 3.05) is 6.54 Å². The molecule has 0 aromatic carbocycles. The van der Waals surface area contributed by atoms with Crippen LogP contribution in [0.4, 0.5) is 0 Å². The molecule has 2 atom stereocenters. The van der Waals surface area contributed by atoms with Gasteiger partial charge >= 0.3 is 11.9 Å². The van der Waals surface area contributed by atoms with Crippen LogP contribution in [0.15, 0.2) is 122 Å². The maximum atomic E-state index is 12.8. The van der Waals surface area contributed by atoms with Gasteiger partial charge in [0.05, 0.1) is 0 Å². The minimum absolute atomic E-state index is 0.188. The lowest BCUT2D eigenvalue weighted by molar-refractivity contribution is -0.147. The SMILES string of the molecule is CC/C=C\C/C=C\C/C=C\C/C=C\C/C=C\CCCCCCCC(=O)OC(/C=C\C/C=C\C/C=C\C/C=C\C/C=C\CC)CCCCC(=O)NC(CCCN)C(=O)O. The zero-order valence-electron chi connectivity index (χ0n) is 36.3. The third kappa shape index (κ3) is 40.0. The Bertz CT molecular complexity index is 1310. The lowest BCUT2D eigenvalue weighted by atomic mass is 10.1. The number of aliphatic carboxylic acids is 1. The van der Waals surface area contributed by atoms with Gasteiger partial charge in [-0.1, -0.05) is 149 Å². The Balaban J connectivity index is 4.53. The number of unbranched alkanes of at least 4 members (excludes halogenated alkanes) is 6. The molecule has 0 aromatic heterocycles. The highest BCUT2D eigenvalue weighted by atomic mass is 16.5. The molecule has 0 heterocycles. The number of rotatable bonds is 38. The first kappa shape index (κ1) is 53.8. The predicted octanol–water partition coefficient (Wildman–Crippen LogP) is 13.0. The molecule has 0 aliphatic heterocycles. The van der Waals surface area contributed by atoms with Crippen LogP contribution >= 0.6 is 0 Å². The first-order chi connectivity index (χ1) is 28.4. The zero-order chi connectivity index (χ0) is 42.4. The Morgan fingerprint density at radius 2 is 0.948 bits per heavy atom. The van der Waals surface area contributed by atoms with Gasteiger partial charge in [-0.05, 0) is 128 Å². The summed E-state index contributed by atoms with van der Waals surface area (Å²) in [5, 5.41) is 12.0. The molecular formula is C51H80N2O5. The summed E-state index contributed by atoms with van der Waals surface area (Å²) in [5.41, 5.74) is 5.50. The second-order valence-corrected chi connectivity index (χ2v) is 14.3. The number of carbonyl (C=O) groups is 3. The number of carboxylic acid groups (broad SMARTS) is 1. The fourth-order valence-electron chi connectivity index (χ4n) is 5.71. The molecule has 7 heteroatoms. The lowest BCUT2D eigenvalue weighted by Gasteiger charge is -2.16. The standard InChI is InChI=1S/C51H80N2O5/c1-3-5-7-9-11-13-15-17-19-20-21-22-23-24-25-27-29-31-33-35-37-45-50(55)58-47(42-38-39-44-49(54)53-48(51(56)57)43-40-46-52)41-36-34-32-30-28-26-18-16-14-12-10-8-6-4-2/h5-8,11-14,17-19,21-22,24-26,30,32,36,41,47-48H,3-4,9-10,15-16,20,23,27-29,31,33-35,37-40,42-46,52H2,1-2H3,(H,53,54)(H,56,57)/b7-5-,8-6-,13-11-,14-12-,19-17-,22-21-,25-24-,26-18-,32-30-,41-36-. The summed E-state index contributed by atoms with van der Waals surface area (Å²) >= 11 is 0. The first-order valence-electron chi connectivity index (χ1n) is 22.4. The van der Waals surface area contributed by atoms with E-state index < -0.39 is 12.0 Å². The van der Waals surface area contributed by atoms with Gasteiger partial charge in [-0.25, -0.2) is 4.79 Å². The molecule has 0 bridgehead atoms. The maximum Gasteiger partial charge on any atom is 0.326 e. The van der Waals surface area contributed by atoms with Gasteiger partial charge in [0, 0.05) is 12.8 Å². The highest BCUT2D eigenvalue weighted by Gasteiger charge is 2.19. The lowest BCUT2D eigenvalue weighted by Crippen LogP contribution is -2.40. The van der Waals surface area contributed by atoms with E-state index in [0.29, 0.717) is 45.1 Å². The quantitative estimate of drug-likeness (QED) is 0.0325. The molecule has 7 nitrogen and oxygen atoms in total.